The molecule has 0 atom stereocenters. The first kappa shape index (κ1) is 9.38. The Morgan fingerprint density at radius 1 is 1.00 bits per heavy atom. The van der Waals surface area contributed by atoms with Crippen molar-refractivity contribution < 1.29 is 8.78 Å². The predicted octanol–water partition coefficient (Wildman–Crippen LogP) is 2.56. The second kappa shape index (κ2) is 3.91. The zero-order chi connectivity index (χ0) is 9.26. The van der Waals surface area contributed by atoms with Gasteiger partial charge in [0.2, 0.25) is 6.43 Å². The average Bonchev–Trinajstić information content (AvgIpc) is 2.46. The van der Waals surface area contributed by atoms with E-state index in [1.54, 1.807) is 0 Å². The Morgan fingerprint density at radius 3 is 2.15 bits per heavy atom. The van der Waals surface area contributed by atoms with Gasteiger partial charge in [0, 0.05) is 18.0 Å². The van der Waals surface area contributed by atoms with E-state index in [1.807, 2.05) is 0 Å². The van der Waals surface area contributed by atoms with Gasteiger partial charge in [0.25, 0.3) is 0 Å². The predicted molar refractivity (Wildman–Crippen MR) is 47.9 cm³/mol. The number of halogens is 2. The smallest absolute Gasteiger partial charge is 0.241 e. The van der Waals surface area contributed by atoms with Gasteiger partial charge in [-0.05, 0) is 25.7 Å². The van der Waals surface area contributed by atoms with E-state index in [4.69, 9.17) is 0 Å². The van der Waals surface area contributed by atoms with Crippen molar-refractivity contribution in [3.05, 3.63) is 0 Å². The number of alkyl halides is 2. The van der Waals surface area contributed by atoms with E-state index in [0.717, 1.165) is 0 Å². The largest absolute Gasteiger partial charge is 0.311 e. The maximum absolute atomic E-state index is 12.1. The highest BCUT2D eigenvalue weighted by molar-refractivity contribution is 4.89. The maximum Gasteiger partial charge on any atom is 0.241 e. The Balaban J connectivity index is 1.63. The summed E-state index contributed by atoms with van der Waals surface area (Å²) in [5.74, 6) is -0.320. The van der Waals surface area contributed by atoms with Crippen molar-refractivity contribution in [2.24, 2.45) is 5.92 Å². The lowest BCUT2D eigenvalue weighted by Gasteiger charge is -2.37. The standard InChI is InChI=1S/C10H17F2N/c11-10(12)7-5-9(6-7)13-8-3-1-2-4-8/h7-10,13H,1-6H2. The molecule has 0 saturated heterocycles. The Labute approximate surface area is 77.9 Å². The normalized spacial score (nSPS) is 35.3. The van der Waals surface area contributed by atoms with Crippen LogP contribution in [0.15, 0.2) is 0 Å². The van der Waals surface area contributed by atoms with Crippen LogP contribution in [0.5, 0.6) is 0 Å². The van der Waals surface area contributed by atoms with Crippen LogP contribution in [0.2, 0.25) is 0 Å². The van der Waals surface area contributed by atoms with Gasteiger partial charge in [0.05, 0.1) is 0 Å². The Bertz CT molecular complexity index is 160. The molecule has 0 radical (unpaired) electrons. The number of hydrogen-bond acceptors (Lipinski definition) is 1. The molecule has 0 spiro atoms. The van der Waals surface area contributed by atoms with E-state index in [-0.39, 0.29) is 5.92 Å². The van der Waals surface area contributed by atoms with E-state index < -0.39 is 6.43 Å². The van der Waals surface area contributed by atoms with E-state index in [1.165, 1.54) is 25.7 Å². The van der Waals surface area contributed by atoms with Crippen LogP contribution in [0.4, 0.5) is 8.78 Å². The average molecular weight is 189 g/mol. The van der Waals surface area contributed by atoms with Crippen LogP contribution >= 0.6 is 0 Å². The third kappa shape index (κ3) is 2.19. The third-order valence-corrected chi connectivity index (χ3v) is 3.36. The summed E-state index contributed by atoms with van der Waals surface area (Å²) < 4.78 is 24.3. The van der Waals surface area contributed by atoms with E-state index in [0.29, 0.717) is 24.9 Å². The molecular weight excluding hydrogens is 172 g/mol. The molecule has 2 aliphatic rings. The molecule has 3 heteroatoms. The lowest BCUT2D eigenvalue weighted by Crippen LogP contribution is -2.47. The maximum atomic E-state index is 12.1. The molecule has 0 amide bonds. The fourth-order valence-electron chi connectivity index (χ4n) is 2.43. The lowest BCUT2D eigenvalue weighted by molar-refractivity contribution is 0.0135. The van der Waals surface area contributed by atoms with E-state index in [2.05, 4.69) is 5.32 Å². The minimum atomic E-state index is -2.10. The van der Waals surface area contributed by atoms with Crippen molar-refractivity contribution in [3.63, 3.8) is 0 Å². The molecule has 0 unspecified atom stereocenters. The first-order valence-electron chi connectivity index (χ1n) is 5.30. The van der Waals surface area contributed by atoms with Gasteiger partial charge in [-0.3, -0.25) is 0 Å². The van der Waals surface area contributed by atoms with Crippen LogP contribution in [-0.2, 0) is 0 Å². The van der Waals surface area contributed by atoms with E-state index in [9.17, 15) is 8.78 Å². The Morgan fingerprint density at radius 2 is 1.62 bits per heavy atom. The van der Waals surface area contributed by atoms with E-state index >= 15 is 0 Å². The summed E-state index contributed by atoms with van der Waals surface area (Å²) in [5.41, 5.74) is 0. The molecule has 2 aliphatic carbocycles. The van der Waals surface area contributed by atoms with Crippen molar-refractivity contribution >= 4 is 0 Å². The summed E-state index contributed by atoms with van der Waals surface area (Å²) in [5, 5.41) is 3.47. The topological polar surface area (TPSA) is 12.0 Å². The third-order valence-electron chi connectivity index (χ3n) is 3.36. The van der Waals surface area contributed by atoms with Gasteiger partial charge in [0.15, 0.2) is 0 Å². The summed E-state index contributed by atoms with van der Waals surface area (Å²) >= 11 is 0. The van der Waals surface area contributed by atoms with Gasteiger partial charge in [0.1, 0.15) is 0 Å². The van der Waals surface area contributed by atoms with Crippen molar-refractivity contribution in [1.29, 1.82) is 0 Å². The minimum absolute atomic E-state index is 0.320. The van der Waals surface area contributed by atoms with Crippen LogP contribution in [0, 0.1) is 5.92 Å². The molecule has 2 fully saturated rings. The summed E-state index contributed by atoms with van der Waals surface area (Å²) in [6.45, 7) is 0. The highest BCUT2D eigenvalue weighted by Gasteiger charge is 2.36. The van der Waals surface area contributed by atoms with Gasteiger partial charge in [-0.25, -0.2) is 8.78 Å². The Hall–Kier alpha value is -0.180. The summed E-state index contributed by atoms with van der Waals surface area (Å²) in [6.07, 6.45) is 4.39. The van der Waals surface area contributed by atoms with Gasteiger partial charge in [-0.1, -0.05) is 12.8 Å². The zero-order valence-corrected chi connectivity index (χ0v) is 7.81. The molecule has 0 bridgehead atoms. The summed E-state index contributed by atoms with van der Waals surface area (Å²) in [6, 6.07) is 1.02. The molecule has 0 aromatic carbocycles. The van der Waals surface area contributed by atoms with Crippen LogP contribution in [0.1, 0.15) is 38.5 Å². The molecular formula is C10H17F2N. The molecule has 0 aromatic heterocycles. The molecule has 0 aliphatic heterocycles. The number of hydrogen-bond donors (Lipinski definition) is 1. The monoisotopic (exact) mass is 189 g/mol. The summed E-state index contributed by atoms with van der Waals surface area (Å²) in [4.78, 5) is 0. The summed E-state index contributed by atoms with van der Waals surface area (Å²) in [7, 11) is 0. The van der Waals surface area contributed by atoms with Crippen LogP contribution < -0.4 is 5.32 Å². The molecule has 0 aromatic rings. The van der Waals surface area contributed by atoms with Crippen LogP contribution in [0.3, 0.4) is 0 Å². The lowest BCUT2D eigenvalue weighted by atomic mass is 9.80. The first-order valence-corrected chi connectivity index (χ1v) is 5.30. The highest BCUT2D eigenvalue weighted by Crippen LogP contribution is 2.34. The van der Waals surface area contributed by atoms with Crippen molar-refractivity contribution in [2.75, 3.05) is 0 Å². The van der Waals surface area contributed by atoms with Gasteiger partial charge >= 0.3 is 0 Å². The van der Waals surface area contributed by atoms with Crippen molar-refractivity contribution in [3.8, 4) is 0 Å². The van der Waals surface area contributed by atoms with Crippen LogP contribution in [-0.4, -0.2) is 18.5 Å². The Kier molecular flexibility index (Phi) is 2.82. The number of nitrogens with one attached hydrogen (secondary N) is 1. The van der Waals surface area contributed by atoms with Gasteiger partial charge < -0.3 is 5.32 Å². The van der Waals surface area contributed by atoms with Crippen LogP contribution in [0.25, 0.3) is 0 Å². The molecule has 1 N–H and O–H groups in total. The molecule has 2 saturated carbocycles. The highest BCUT2D eigenvalue weighted by atomic mass is 19.3. The minimum Gasteiger partial charge on any atom is -0.311 e. The van der Waals surface area contributed by atoms with Crippen molar-refractivity contribution in [2.45, 2.75) is 57.0 Å². The number of rotatable bonds is 3. The van der Waals surface area contributed by atoms with Crippen molar-refractivity contribution in [1.82, 2.24) is 5.32 Å². The SMILES string of the molecule is FC(F)C1CC(NC2CCCC2)C1. The van der Waals surface area contributed by atoms with Gasteiger partial charge in [-0.2, -0.15) is 0 Å². The zero-order valence-electron chi connectivity index (χ0n) is 7.81. The molecule has 1 nitrogen and oxygen atoms in total. The second-order valence-electron chi connectivity index (χ2n) is 4.41. The molecule has 0 heterocycles. The first-order chi connectivity index (χ1) is 6.25. The fourth-order valence-corrected chi connectivity index (χ4v) is 2.43. The molecule has 13 heavy (non-hydrogen) atoms. The molecule has 76 valence electrons. The quantitative estimate of drug-likeness (QED) is 0.719. The second-order valence-corrected chi connectivity index (χ2v) is 4.41. The molecule has 2 rings (SSSR count). The fraction of sp³-hybridized carbons (Fsp3) is 1.00. The van der Waals surface area contributed by atoms with Gasteiger partial charge in [-0.15, -0.1) is 0 Å².